The Morgan fingerprint density at radius 2 is 1.48 bits per heavy atom. The van der Waals surface area contributed by atoms with Gasteiger partial charge in [0.2, 0.25) is 0 Å². The van der Waals surface area contributed by atoms with Crippen molar-refractivity contribution < 1.29 is 42.8 Å². The van der Waals surface area contributed by atoms with Crippen LogP contribution < -0.4 is 18.9 Å². The van der Waals surface area contributed by atoms with E-state index in [2.05, 4.69) is 0 Å². The fourth-order valence-electron chi connectivity index (χ4n) is 4.19. The highest BCUT2D eigenvalue weighted by Gasteiger charge is 2.43. The fourth-order valence-corrected chi connectivity index (χ4v) is 4.19. The number of hydrogen-bond donors (Lipinski definition) is 0. The van der Waals surface area contributed by atoms with Crippen LogP contribution in [0.4, 0.5) is 0 Å². The van der Waals surface area contributed by atoms with Crippen LogP contribution in [0, 0.1) is 10.8 Å². The number of fused-ring (bicyclic) bond motifs is 1. The monoisotopic (exact) mass is 556 g/mol. The number of hydrogen-bond acceptors (Lipinski definition) is 9. The van der Waals surface area contributed by atoms with Gasteiger partial charge in [-0.2, -0.15) is 0 Å². The van der Waals surface area contributed by atoms with E-state index in [1.165, 1.54) is 21.3 Å². The minimum absolute atomic E-state index is 0.254. The van der Waals surface area contributed by atoms with Gasteiger partial charge in [-0.05, 0) is 83.7 Å². The lowest BCUT2D eigenvalue weighted by molar-refractivity contribution is -0.153. The van der Waals surface area contributed by atoms with Crippen LogP contribution in [0.25, 0.3) is 0 Å². The summed E-state index contributed by atoms with van der Waals surface area (Å²) in [6.07, 6.45) is 0.463. The van der Waals surface area contributed by atoms with Gasteiger partial charge in [0.25, 0.3) is 0 Å². The maximum absolute atomic E-state index is 13.1. The smallest absolute Gasteiger partial charge is 0.317 e. The number of methoxy groups -OCH3 is 3. The van der Waals surface area contributed by atoms with E-state index in [4.69, 9.17) is 28.4 Å². The molecule has 1 aliphatic rings. The lowest BCUT2D eigenvalue weighted by atomic mass is 9.89. The van der Waals surface area contributed by atoms with Gasteiger partial charge in [-0.1, -0.05) is 12.1 Å². The Kier molecular flexibility index (Phi) is 9.38. The van der Waals surface area contributed by atoms with Crippen molar-refractivity contribution in [1.82, 2.24) is 0 Å². The topological polar surface area (TPSA) is 107 Å². The van der Waals surface area contributed by atoms with Crippen LogP contribution in [0.2, 0.25) is 0 Å². The molecule has 0 amide bonds. The quantitative estimate of drug-likeness (QED) is 0.223. The third-order valence-electron chi connectivity index (χ3n) is 6.49. The molecule has 0 saturated heterocycles. The van der Waals surface area contributed by atoms with Gasteiger partial charge in [-0.25, -0.2) is 0 Å². The molecule has 1 heterocycles. The molecule has 2 aromatic rings. The van der Waals surface area contributed by atoms with Gasteiger partial charge < -0.3 is 28.4 Å². The molecule has 0 radical (unpaired) electrons. The van der Waals surface area contributed by atoms with Crippen LogP contribution in [0.3, 0.4) is 0 Å². The second kappa shape index (κ2) is 12.2. The zero-order valence-corrected chi connectivity index (χ0v) is 24.8. The highest BCUT2D eigenvalue weighted by molar-refractivity contribution is 5.83. The Balaban J connectivity index is 1.90. The number of carbonyl (C=O) groups is 3. The molecule has 0 unspecified atom stereocenters. The second-order valence-corrected chi connectivity index (χ2v) is 11.8. The van der Waals surface area contributed by atoms with E-state index < -0.39 is 34.8 Å². The third-order valence-corrected chi connectivity index (χ3v) is 6.49. The molecule has 0 saturated carbocycles. The summed E-state index contributed by atoms with van der Waals surface area (Å²) in [7, 11) is 4.34. The predicted molar refractivity (Wildman–Crippen MR) is 148 cm³/mol. The molecule has 40 heavy (non-hydrogen) atoms. The van der Waals surface area contributed by atoms with Crippen molar-refractivity contribution in [2.45, 2.75) is 66.4 Å². The van der Waals surface area contributed by atoms with Crippen LogP contribution in [-0.2, 0) is 30.3 Å². The van der Waals surface area contributed by atoms with Gasteiger partial charge in [0.1, 0.15) is 12.0 Å². The largest absolute Gasteiger partial charge is 0.493 e. The SMILES string of the molecule is COC(=O)[C@@H]1c2cc(CCCOC(=O)C(C)(C)C)cc(OC)c2O[C@@H]1c1ccc(OC(=O)C(C)(C)C)c(OC)c1. The first-order chi connectivity index (χ1) is 18.7. The third kappa shape index (κ3) is 6.87. The van der Waals surface area contributed by atoms with E-state index in [0.29, 0.717) is 41.2 Å². The van der Waals surface area contributed by atoms with E-state index in [0.717, 1.165) is 5.56 Å². The van der Waals surface area contributed by atoms with E-state index in [-0.39, 0.29) is 18.3 Å². The lowest BCUT2D eigenvalue weighted by Gasteiger charge is -2.21. The molecule has 9 heteroatoms. The maximum atomic E-state index is 13.1. The van der Waals surface area contributed by atoms with E-state index in [1.807, 2.05) is 32.9 Å². The van der Waals surface area contributed by atoms with Crippen LogP contribution in [0.1, 0.15) is 76.7 Å². The number of aryl methyl sites for hydroxylation is 1. The minimum atomic E-state index is -0.778. The summed E-state index contributed by atoms with van der Waals surface area (Å²) in [6, 6.07) is 8.81. The maximum Gasteiger partial charge on any atom is 0.317 e. The average molecular weight is 557 g/mol. The molecule has 0 aliphatic carbocycles. The summed E-state index contributed by atoms with van der Waals surface area (Å²) in [5.41, 5.74) is 0.920. The lowest BCUT2D eigenvalue weighted by Crippen LogP contribution is -2.25. The number of ether oxygens (including phenoxy) is 6. The van der Waals surface area contributed by atoms with Crippen molar-refractivity contribution in [3.05, 3.63) is 47.0 Å². The van der Waals surface area contributed by atoms with Gasteiger partial charge in [-0.15, -0.1) is 0 Å². The molecule has 0 N–H and O–H groups in total. The van der Waals surface area contributed by atoms with Crippen LogP contribution in [-0.4, -0.2) is 45.8 Å². The summed E-state index contributed by atoms with van der Waals surface area (Å²) in [6.45, 7) is 11.0. The summed E-state index contributed by atoms with van der Waals surface area (Å²) in [4.78, 5) is 37.6. The number of rotatable bonds is 9. The first kappa shape index (κ1) is 30.8. The molecule has 2 aromatic carbocycles. The predicted octanol–water partition coefficient (Wildman–Crippen LogP) is 5.57. The Labute approximate surface area is 236 Å². The standard InChI is InChI=1S/C31H40O9/c1-30(2,3)28(33)38-14-10-11-18-15-20-24(27(32)37-9)25(40-26(20)23(16-18)36-8)19-12-13-21(22(17-19)35-7)39-29(34)31(4,5)6/h12-13,15-17,24-25H,10-11,14H2,1-9H3/t24-,25-/m1/s1. The molecule has 1 aliphatic heterocycles. The number of benzene rings is 2. The Bertz CT molecular complexity index is 1250. The van der Waals surface area contributed by atoms with Crippen molar-refractivity contribution in [1.29, 1.82) is 0 Å². The summed E-state index contributed by atoms with van der Waals surface area (Å²) in [5, 5.41) is 0. The molecular formula is C31H40O9. The molecule has 0 aromatic heterocycles. The molecule has 0 fully saturated rings. The van der Waals surface area contributed by atoms with Crippen molar-refractivity contribution >= 4 is 17.9 Å². The van der Waals surface area contributed by atoms with Gasteiger partial charge in [0.05, 0.1) is 38.8 Å². The summed E-state index contributed by atoms with van der Waals surface area (Å²) >= 11 is 0. The van der Waals surface area contributed by atoms with Crippen LogP contribution in [0.15, 0.2) is 30.3 Å². The highest BCUT2D eigenvalue weighted by atomic mass is 16.6. The first-order valence-corrected chi connectivity index (χ1v) is 13.2. The Hall–Kier alpha value is -3.75. The second-order valence-electron chi connectivity index (χ2n) is 11.8. The van der Waals surface area contributed by atoms with Gasteiger partial charge >= 0.3 is 17.9 Å². The fraction of sp³-hybridized carbons (Fsp3) is 0.516. The zero-order chi connectivity index (χ0) is 29.8. The molecule has 0 spiro atoms. The van der Waals surface area contributed by atoms with Crippen molar-refractivity contribution in [3.8, 4) is 23.0 Å². The van der Waals surface area contributed by atoms with Gasteiger partial charge in [0.15, 0.2) is 23.0 Å². The average Bonchev–Trinajstić information content (AvgIpc) is 3.28. The number of esters is 3. The minimum Gasteiger partial charge on any atom is -0.493 e. The molecule has 3 rings (SSSR count). The van der Waals surface area contributed by atoms with E-state index in [9.17, 15) is 14.4 Å². The van der Waals surface area contributed by atoms with Crippen molar-refractivity contribution in [2.75, 3.05) is 27.9 Å². The van der Waals surface area contributed by atoms with Gasteiger partial charge in [-0.3, -0.25) is 14.4 Å². The first-order valence-electron chi connectivity index (χ1n) is 13.2. The van der Waals surface area contributed by atoms with Crippen molar-refractivity contribution in [3.63, 3.8) is 0 Å². The van der Waals surface area contributed by atoms with E-state index >= 15 is 0 Å². The van der Waals surface area contributed by atoms with Crippen molar-refractivity contribution in [2.24, 2.45) is 10.8 Å². The molecule has 9 nitrogen and oxygen atoms in total. The van der Waals surface area contributed by atoms with Crippen LogP contribution >= 0.6 is 0 Å². The van der Waals surface area contributed by atoms with Crippen LogP contribution in [0.5, 0.6) is 23.0 Å². The number of carbonyl (C=O) groups excluding carboxylic acids is 3. The Morgan fingerprint density at radius 3 is 2.05 bits per heavy atom. The molecule has 2 atom stereocenters. The molecule has 0 bridgehead atoms. The molecule has 218 valence electrons. The summed E-state index contributed by atoms with van der Waals surface area (Å²) in [5.74, 6) is -0.369. The highest BCUT2D eigenvalue weighted by Crippen LogP contribution is 2.52. The normalized spacial score (nSPS) is 16.4. The van der Waals surface area contributed by atoms with Gasteiger partial charge in [0, 0.05) is 5.56 Å². The van der Waals surface area contributed by atoms with E-state index in [1.54, 1.807) is 39.0 Å². The molecular weight excluding hydrogens is 516 g/mol. The summed E-state index contributed by atoms with van der Waals surface area (Å²) < 4.78 is 33.6. The Morgan fingerprint density at radius 1 is 0.825 bits per heavy atom. The zero-order valence-electron chi connectivity index (χ0n) is 24.8.